The quantitative estimate of drug-likeness (QED) is 0.421. The van der Waals surface area contributed by atoms with Crippen LogP contribution in [0.1, 0.15) is 19.3 Å². The number of carbonyl (C=O) groups is 1. The van der Waals surface area contributed by atoms with Crippen molar-refractivity contribution in [1.82, 2.24) is 10.2 Å². The topological polar surface area (TPSA) is 71.3 Å². The SMILES string of the molecule is O=C(CSc1nnc(-c2cccc(Br)c2)o1)Nc1cccc(Cl)c1N1CCCCC1. The number of nitrogens with one attached hydrogen (secondary N) is 1. The van der Waals surface area contributed by atoms with Gasteiger partial charge in [0.15, 0.2) is 0 Å². The van der Waals surface area contributed by atoms with Crippen LogP contribution in [0.4, 0.5) is 11.4 Å². The Morgan fingerprint density at radius 1 is 1.17 bits per heavy atom. The van der Waals surface area contributed by atoms with Crippen molar-refractivity contribution in [2.45, 2.75) is 24.5 Å². The molecule has 1 saturated heterocycles. The fourth-order valence-electron chi connectivity index (χ4n) is 3.37. The lowest BCUT2D eigenvalue weighted by Crippen LogP contribution is -2.30. The van der Waals surface area contributed by atoms with E-state index in [1.54, 1.807) is 0 Å². The molecule has 30 heavy (non-hydrogen) atoms. The third kappa shape index (κ3) is 5.17. The number of piperidine rings is 1. The van der Waals surface area contributed by atoms with E-state index in [0.717, 1.165) is 47.3 Å². The molecule has 1 amide bonds. The zero-order valence-electron chi connectivity index (χ0n) is 16.1. The molecule has 0 aliphatic carbocycles. The molecular formula is C21H20BrClN4O2S. The van der Waals surface area contributed by atoms with Gasteiger partial charge < -0.3 is 14.6 Å². The summed E-state index contributed by atoms with van der Waals surface area (Å²) in [6, 6.07) is 13.2. The average molecular weight is 508 g/mol. The van der Waals surface area contributed by atoms with Gasteiger partial charge in [-0.15, -0.1) is 10.2 Å². The summed E-state index contributed by atoms with van der Waals surface area (Å²) in [5.74, 6) is 0.427. The van der Waals surface area contributed by atoms with E-state index in [4.69, 9.17) is 16.0 Å². The number of para-hydroxylation sites is 1. The number of nitrogens with zero attached hydrogens (tertiary/aromatic N) is 3. The molecule has 0 spiro atoms. The highest BCUT2D eigenvalue weighted by molar-refractivity contribution is 9.10. The Bertz CT molecular complexity index is 1040. The number of rotatable bonds is 6. The monoisotopic (exact) mass is 506 g/mol. The number of hydrogen-bond donors (Lipinski definition) is 1. The molecule has 1 aromatic heterocycles. The summed E-state index contributed by atoms with van der Waals surface area (Å²) in [5, 5.41) is 12.1. The highest BCUT2D eigenvalue weighted by Crippen LogP contribution is 2.35. The molecule has 1 fully saturated rings. The van der Waals surface area contributed by atoms with Crippen LogP contribution in [0.3, 0.4) is 0 Å². The Balaban J connectivity index is 1.40. The molecule has 1 aliphatic rings. The van der Waals surface area contributed by atoms with Crippen molar-refractivity contribution in [3.05, 3.63) is 52.0 Å². The second-order valence-corrected chi connectivity index (χ2v) is 9.15. The van der Waals surface area contributed by atoms with Gasteiger partial charge in [0.25, 0.3) is 5.22 Å². The average Bonchev–Trinajstić information content (AvgIpc) is 3.22. The summed E-state index contributed by atoms with van der Waals surface area (Å²) in [7, 11) is 0. The van der Waals surface area contributed by atoms with Gasteiger partial charge in [0.2, 0.25) is 11.8 Å². The summed E-state index contributed by atoms with van der Waals surface area (Å²) in [5.41, 5.74) is 2.44. The van der Waals surface area contributed by atoms with E-state index < -0.39 is 0 Å². The molecule has 0 unspecified atom stereocenters. The molecule has 9 heteroatoms. The number of anilines is 2. The van der Waals surface area contributed by atoms with Gasteiger partial charge in [-0.25, -0.2) is 0 Å². The highest BCUT2D eigenvalue weighted by Gasteiger charge is 2.19. The molecule has 0 saturated carbocycles. The maximum atomic E-state index is 12.6. The molecule has 1 aliphatic heterocycles. The number of thioether (sulfide) groups is 1. The number of aromatic nitrogens is 2. The lowest BCUT2D eigenvalue weighted by atomic mass is 10.1. The van der Waals surface area contributed by atoms with Crippen molar-refractivity contribution in [2.75, 3.05) is 29.1 Å². The van der Waals surface area contributed by atoms with Crippen molar-refractivity contribution < 1.29 is 9.21 Å². The number of benzene rings is 2. The smallest absolute Gasteiger partial charge is 0.277 e. The third-order valence-corrected chi connectivity index (χ3v) is 6.35. The van der Waals surface area contributed by atoms with Gasteiger partial charge in [-0.2, -0.15) is 0 Å². The molecule has 2 aromatic carbocycles. The van der Waals surface area contributed by atoms with E-state index in [-0.39, 0.29) is 11.7 Å². The van der Waals surface area contributed by atoms with Gasteiger partial charge in [0.05, 0.1) is 22.2 Å². The van der Waals surface area contributed by atoms with Crippen LogP contribution in [0.5, 0.6) is 0 Å². The predicted molar refractivity (Wildman–Crippen MR) is 124 cm³/mol. The van der Waals surface area contributed by atoms with Crippen molar-refractivity contribution in [3.63, 3.8) is 0 Å². The summed E-state index contributed by atoms with van der Waals surface area (Å²) in [4.78, 5) is 14.8. The van der Waals surface area contributed by atoms with E-state index in [0.29, 0.717) is 16.1 Å². The minimum atomic E-state index is -0.150. The van der Waals surface area contributed by atoms with Crippen LogP contribution in [-0.2, 0) is 4.79 Å². The number of carbonyl (C=O) groups excluding carboxylic acids is 1. The Kier molecular flexibility index (Phi) is 6.97. The van der Waals surface area contributed by atoms with Gasteiger partial charge in [0.1, 0.15) is 0 Å². The van der Waals surface area contributed by atoms with Crippen LogP contribution in [0.25, 0.3) is 11.5 Å². The molecule has 2 heterocycles. The Hall–Kier alpha value is -2.03. The van der Waals surface area contributed by atoms with E-state index in [1.807, 2.05) is 42.5 Å². The predicted octanol–water partition coefficient (Wildman–Crippen LogP) is 5.87. The van der Waals surface area contributed by atoms with Crippen molar-refractivity contribution >= 4 is 56.6 Å². The summed E-state index contributed by atoms with van der Waals surface area (Å²) >= 11 is 11.1. The molecule has 4 rings (SSSR count). The van der Waals surface area contributed by atoms with Crippen LogP contribution >= 0.6 is 39.3 Å². The Morgan fingerprint density at radius 2 is 1.97 bits per heavy atom. The minimum Gasteiger partial charge on any atom is -0.411 e. The van der Waals surface area contributed by atoms with E-state index in [2.05, 4.69) is 36.3 Å². The Morgan fingerprint density at radius 3 is 2.77 bits per heavy atom. The van der Waals surface area contributed by atoms with Gasteiger partial charge in [-0.3, -0.25) is 4.79 Å². The summed E-state index contributed by atoms with van der Waals surface area (Å²) in [6.45, 7) is 1.89. The zero-order chi connectivity index (χ0) is 20.9. The minimum absolute atomic E-state index is 0.150. The number of amides is 1. The second-order valence-electron chi connectivity index (χ2n) is 6.90. The van der Waals surface area contributed by atoms with Crippen LogP contribution in [0, 0.1) is 0 Å². The molecule has 0 bridgehead atoms. The molecule has 156 valence electrons. The van der Waals surface area contributed by atoms with Crippen LogP contribution in [-0.4, -0.2) is 34.9 Å². The maximum absolute atomic E-state index is 12.6. The highest BCUT2D eigenvalue weighted by atomic mass is 79.9. The molecule has 0 atom stereocenters. The van der Waals surface area contributed by atoms with Gasteiger partial charge in [-0.05, 0) is 49.6 Å². The van der Waals surface area contributed by atoms with Crippen molar-refractivity contribution in [2.24, 2.45) is 0 Å². The zero-order valence-corrected chi connectivity index (χ0v) is 19.3. The molecule has 0 radical (unpaired) electrons. The first-order chi connectivity index (χ1) is 14.6. The molecular weight excluding hydrogens is 488 g/mol. The lowest BCUT2D eigenvalue weighted by Gasteiger charge is -2.31. The summed E-state index contributed by atoms with van der Waals surface area (Å²) in [6.07, 6.45) is 3.49. The molecule has 6 nitrogen and oxygen atoms in total. The molecule has 3 aromatic rings. The van der Waals surface area contributed by atoms with Gasteiger partial charge in [0, 0.05) is 23.1 Å². The number of hydrogen-bond acceptors (Lipinski definition) is 6. The lowest BCUT2D eigenvalue weighted by molar-refractivity contribution is -0.113. The first-order valence-electron chi connectivity index (χ1n) is 9.66. The third-order valence-electron chi connectivity index (χ3n) is 4.74. The van der Waals surface area contributed by atoms with E-state index in [9.17, 15) is 4.79 Å². The maximum Gasteiger partial charge on any atom is 0.277 e. The van der Waals surface area contributed by atoms with Crippen LogP contribution in [0.2, 0.25) is 5.02 Å². The van der Waals surface area contributed by atoms with Crippen LogP contribution < -0.4 is 10.2 Å². The summed E-state index contributed by atoms with van der Waals surface area (Å²) < 4.78 is 6.60. The standard InChI is InChI=1S/C21H20BrClN4O2S/c22-15-7-4-6-14(12-15)20-25-26-21(29-20)30-13-18(28)24-17-9-5-8-16(23)19(17)27-10-2-1-3-11-27/h4-9,12H,1-3,10-11,13H2,(H,24,28). The molecule has 1 N–H and O–H groups in total. The van der Waals surface area contributed by atoms with E-state index in [1.165, 1.54) is 18.2 Å². The fraction of sp³-hybridized carbons (Fsp3) is 0.286. The normalized spacial score (nSPS) is 14.0. The Labute approximate surface area is 192 Å². The van der Waals surface area contributed by atoms with Crippen molar-refractivity contribution in [3.8, 4) is 11.5 Å². The first kappa shape index (κ1) is 21.2. The largest absolute Gasteiger partial charge is 0.411 e. The fourth-order valence-corrected chi connectivity index (χ4v) is 4.63. The van der Waals surface area contributed by atoms with Gasteiger partial charge in [-0.1, -0.05) is 51.4 Å². The van der Waals surface area contributed by atoms with E-state index >= 15 is 0 Å². The first-order valence-corrected chi connectivity index (χ1v) is 11.8. The van der Waals surface area contributed by atoms with Crippen LogP contribution in [0.15, 0.2) is 56.6 Å². The second kappa shape index (κ2) is 9.85. The number of halogens is 2. The van der Waals surface area contributed by atoms with Gasteiger partial charge >= 0.3 is 0 Å². The van der Waals surface area contributed by atoms with Crippen molar-refractivity contribution in [1.29, 1.82) is 0 Å².